The molecule has 8 heteroatoms. The molecular formula is C16H12F3N3OS. The van der Waals surface area contributed by atoms with Crippen molar-refractivity contribution in [2.24, 2.45) is 5.73 Å². The fourth-order valence-electron chi connectivity index (χ4n) is 2.26. The van der Waals surface area contributed by atoms with Crippen LogP contribution in [0.15, 0.2) is 35.4 Å². The van der Waals surface area contributed by atoms with E-state index in [0.717, 1.165) is 18.2 Å². The number of rotatable bonds is 4. The second-order valence-electron chi connectivity index (χ2n) is 4.81. The lowest BCUT2D eigenvalue weighted by Gasteiger charge is -2.13. The molecule has 0 spiro atoms. The van der Waals surface area contributed by atoms with E-state index in [4.69, 9.17) is 20.0 Å². The molecule has 124 valence electrons. The van der Waals surface area contributed by atoms with Crippen LogP contribution in [0.3, 0.4) is 0 Å². The SMILES string of the molecule is [2H]C([2H])([2H])Sc1c(Oc2ccc(F)c(C(=N)N)c2)c(F)c(F)c2[nH]ccc12. The first-order chi connectivity index (χ1) is 12.6. The van der Waals surface area contributed by atoms with Gasteiger partial charge in [-0.3, -0.25) is 5.41 Å². The van der Waals surface area contributed by atoms with E-state index in [-0.39, 0.29) is 27.1 Å². The third-order valence-corrected chi connectivity index (χ3v) is 3.97. The Morgan fingerprint density at radius 3 is 2.79 bits per heavy atom. The predicted octanol–water partition coefficient (Wildman–Crippen LogP) is 4.38. The molecule has 0 fully saturated rings. The first kappa shape index (κ1) is 12.8. The Bertz CT molecular complexity index is 1050. The lowest BCUT2D eigenvalue weighted by Crippen LogP contribution is -2.13. The fourth-order valence-corrected chi connectivity index (χ4v) is 2.76. The Morgan fingerprint density at radius 1 is 1.29 bits per heavy atom. The summed E-state index contributed by atoms with van der Waals surface area (Å²) >= 11 is 0.325. The van der Waals surface area contributed by atoms with Crippen molar-refractivity contribution >= 4 is 28.5 Å². The zero-order chi connectivity index (χ0) is 19.9. The lowest BCUT2D eigenvalue weighted by molar-refractivity contribution is 0.409. The summed E-state index contributed by atoms with van der Waals surface area (Å²) < 4.78 is 70.3. The molecule has 0 radical (unpaired) electrons. The van der Waals surface area contributed by atoms with E-state index in [1.54, 1.807) is 0 Å². The van der Waals surface area contributed by atoms with Crippen molar-refractivity contribution in [1.82, 2.24) is 4.98 Å². The highest BCUT2D eigenvalue weighted by Crippen LogP contribution is 2.41. The van der Waals surface area contributed by atoms with Gasteiger partial charge in [0.2, 0.25) is 5.82 Å². The average Bonchev–Trinajstić information content (AvgIpc) is 3.05. The van der Waals surface area contributed by atoms with Crippen molar-refractivity contribution in [3.05, 3.63) is 53.5 Å². The number of thioether (sulfide) groups is 1. The standard InChI is InChI=1S/C16H12F3N3OS/c1-24-15-8-4-5-22-13(8)11(18)12(19)14(15)23-7-2-3-10(17)9(6-7)16(20)21/h2-6,22H,1H3,(H3,20,21)/i1D3. The molecule has 0 aliphatic rings. The van der Waals surface area contributed by atoms with Crippen LogP contribution in [0.4, 0.5) is 13.2 Å². The maximum atomic E-state index is 14.6. The maximum absolute atomic E-state index is 14.6. The van der Waals surface area contributed by atoms with E-state index in [1.165, 1.54) is 12.3 Å². The minimum Gasteiger partial charge on any atom is -0.453 e. The Balaban J connectivity index is 2.18. The number of halogens is 3. The van der Waals surface area contributed by atoms with Gasteiger partial charge in [-0.1, -0.05) is 0 Å². The van der Waals surface area contributed by atoms with Crippen molar-refractivity contribution in [2.75, 3.05) is 6.18 Å². The zero-order valence-electron chi connectivity index (χ0n) is 14.9. The third-order valence-electron chi connectivity index (χ3n) is 3.36. The number of nitrogens with one attached hydrogen (secondary N) is 2. The van der Waals surface area contributed by atoms with E-state index in [0.29, 0.717) is 11.8 Å². The molecule has 0 aliphatic heterocycles. The van der Waals surface area contributed by atoms with Crippen LogP contribution in [0.1, 0.15) is 9.68 Å². The highest BCUT2D eigenvalue weighted by atomic mass is 32.2. The molecule has 0 unspecified atom stereocenters. The molecule has 4 N–H and O–H groups in total. The summed E-state index contributed by atoms with van der Waals surface area (Å²) in [6.45, 7) is 0. The third kappa shape index (κ3) is 2.58. The highest BCUT2D eigenvalue weighted by Gasteiger charge is 2.22. The monoisotopic (exact) mass is 354 g/mol. The van der Waals surface area contributed by atoms with Gasteiger partial charge in [0.05, 0.1) is 16.0 Å². The van der Waals surface area contributed by atoms with Gasteiger partial charge < -0.3 is 15.5 Å². The van der Waals surface area contributed by atoms with Crippen molar-refractivity contribution in [1.29, 1.82) is 5.41 Å². The summed E-state index contributed by atoms with van der Waals surface area (Å²) in [5.74, 6) is -4.80. The molecule has 0 saturated carbocycles. The average molecular weight is 354 g/mol. The smallest absolute Gasteiger partial charge is 0.204 e. The minimum absolute atomic E-state index is 0.124. The van der Waals surface area contributed by atoms with Gasteiger partial charge in [-0.2, -0.15) is 4.39 Å². The van der Waals surface area contributed by atoms with Crippen molar-refractivity contribution < 1.29 is 22.0 Å². The molecule has 1 heterocycles. The Kier molecular flexibility index (Phi) is 3.26. The number of hydrogen-bond donors (Lipinski definition) is 3. The molecule has 1 aromatic heterocycles. The van der Waals surface area contributed by atoms with Crippen molar-refractivity contribution in [3.8, 4) is 11.5 Å². The number of ether oxygens (including phenoxy) is 1. The summed E-state index contributed by atoms with van der Waals surface area (Å²) in [7, 11) is 0. The van der Waals surface area contributed by atoms with Crippen molar-refractivity contribution in [3.63, 3.8) is 0 Å². The van der Waals surface area contributed by atoms with Crippen LogP contribution in [-0.4, -0.2) is 17.0 Å². The summed E-state index contributed by atoms with van der Waals surface area (Å²) in [4.78, 5) is 2.38. The first-order valence-electron chi connectivity index (χ1n) is 8.07. The molecule has 0 amide bonds. The number of H-pyrrole nitrogens is 1. The zero-order valence-corrected chi connectivity index (χ0v) is 12.7. The normalized spacial score (nSPS) is 13.4. The van der Waals surface area contributed by atoms with Crippen LogP contribution in [0, 0.1) is 22.9 Å². The number of nitrogen functional groups attached to an aromatic ring is 1. The molecule has 2 aromatic carbocycles. The van der Waals surface area contributed by atoms with Crippen LogP contribution in [0.25, 0.3) is 10.9 Å². The Labute approximate surface area is 143 Å². The second kappa shape index (κ2) is 6.12. The molecule has 4 nitrogen and oxygen atoms in total. The van der Waals surface area contributed by atoms with Crippen LogP contribution in [0.2, 0.25) is 0 Å². The summed E-state index contributed by atoms with van der Waals surface area (Å²) in [5.41, 5.74) is 4.79. The van der Waals surface area contributed by atoms with Gasteiger partial charge in [0.25, 0.3) is 0 Å². The quantitative estimate of drug-likeness (QED) is 0.370. The van der Waals surface area contributed by atoms with E-state index in [1.807, 2.05) is 0 Å². The molecule has 0 aliphatic carbocycles. The Hall–Kier alpha value is -2.61. The van der Waals surface area contributed by atoms with Crippen LogP contribution in [-0.2, 0) is 0 Å². The van der Waals surface area contributed by atoms with Gasteiger partial charge >= 0.3 is 0 Å². The van der Waals surface area contributed by atoms with Crippen LogP contribution in [0.5, 0.6) is 11.5 Å². The predicted molar refractivity (Wildman–Crippen MR) is 87.5 cm³/mol. The summed E-state index contributed by atoms with van der Waals surface area (Å²) in [6, 6.07) is 4.51. The number of nitrogens with two attached hydrogens (primary N) is 1. The number of amidine groups is 1. The summed E-state index contributed by atoms with van der Waals surface area (Å²) in [6.07, 6.45) is -1.22. The summed E-state index contributed by atoms with van der Waals surface area (Å²) in [5, 5.41) is 7.47. The van der Waals surface area contributed by atoms with Crippen LogP contribution >= 0.6 is 11.8 Å². The maximum Gasteiger partial charge on any atom is 0.204 e. The van der Waals surface area contributed by atoms with Gasteiger partial charge in [-0.15, -0.1) is 11.8 Å². The van der Waals surface area contributed by atoms with Gasteiger partial charge in [-0.25, -0.2) is 8.78 Å². The largest absolute Gasteiger partial charge is 0.453 e. The van der Waals surface area contributed by atoms with E-state index in [9.17, 15) is 13.2 Å². The number of benzene rings is 2. The highest BCUT2D eigenvalue weighted by molar-refractivity contribution is 7.99. The topological polar surface area (TPSA) is 74.9 Å². The fraction of sp³-hybridized carbons (Fsp3) is 0.0625. The molecule has 0 bridgehead atoms. The van der Waals surface area contributed by atoms with Crippen LogP contribution < -0.4 is 10.5 Å². The minimum atomic E-state index is -2.56. The van der Waals surface area contributed by atoms with Crippen molar-refractivity contribution in [2.45, 2.75) is 4.90 Å². The van der Waals surface area contributed by atoms with E-state index >= 15 is 0 Å². The number of hydrogen-bond acceptors (Lipinski definition) is 3. The lowest BCUT2D eigenvalue weighted by atomic mass is 10.2. The van der Waals surface area contributed by atoms with Gasteiger partial charge in [0, 0.05) is 15.7 Å². The molecule has 0 saturated heterocycles. The molecule has 0 atom stereocenters. The Morgan fingerprint density at radius 2 is 2.08 bits per heavy atom. The van der Waals surface area contributed by atoms with Gasteiger partial charge in [0.1, 0.15) is 17.4 Å². The molecule has 24 heavy (non-hydrogen) atoms. The number of aromatic nitrogens is 1. The second-order valence-corrected chi connectivity index (χ2v) is 5.42. The van der Waals surface area contributed by atoms with Gasteiger partial charge in [-0.05, 0) is 30.4 Å². The number of fused-ring (bicyclic) bond motifs is 1. The molecule has 3 aromatic rings. The molecule has 3 rings (SSSR count). The molecular weight excluding hydrogens is 339 g/mol. The number of aromatic amines is 1. The van der Waals surface area contributed by atoms with Gasteiger partial charge in [0.15, 0.2) is 11.6 Å². The first-order valence-corrected chi connectivity index (χ1v) is 7.39. The van der Waals surface area contributed by atoms with E-state index < -0.39 is 35.2 Å². The van der Waals surface area contributed by atoms with E-state index in [2.05, 4.69) is 4.98 Å².